The lowest BCUT2D eigenvalue weighted by Crippen LogP contribution is -2.43. The zero-order chi connectivity index (χ0) is 19.8. The van der Waals surface area contributed by atoms with Gasteiger partial charge in [-0.1, -0.05) is 12.1 Å². The molecule has 0 unspecified atom stereocenters. The van der Waals surface area contributed by atoms with E-state index < -0.39 is 0 Å². The third-order valence-electron chi connectivity index (χ3n) is 5.00. The third-order valence-corrected chi connectivity index (χ3v) is 5.62. The molecule has 1 saturated heterocycles. The summed E-state index contributed by atoms with van der Waals surface area (Å²) in [5, 5.41) is 6.51. The lowest BCUT2D eigenvalue weighted by Gasteiger charge is -2.34. The number of anilines is 2. The van der Waals surface area contributed by atoms with Crippen LogP contribution in [-0.2, 0) is 11.2 Å². The molecule has 28 heavy (non-hydrogen) atoms. The first kappa shape index (κ1) is 20.7. The third kappa shape index (κ3) is 6.24. The number of halogens is 1. The summed E-state index contributed by atoms with van der Waals surface area (Å²) in [6.45, 7) is 3.17. The summed E-state index contributed by atoms with van der Waals surface area (Å²) in [4.78, 5) is 14.6. The summed E-state index contributed by atoms with van der Waals surface area (Å²) < 4.78 is 13.2. The SMILES string of the molecule is CSCCNC1CCN(c2ccc(NC(=O)Cc3cccc(F)c3)cc2)CC1. The van der Waals surface area contributed by atoms with Crippen LogP contribution in [-0.4, -0.2) is 43.6 Å². The lowest BCUT2D eigenvalue weighted by atomic mass is 10.0. The van der Waals surface area contributed by atoms with Crippen molar-refractivity contribution in [1.82, 2.24) is 5.32 Å². The molecule has 2 aromatic carbocycles. The molecule has 3 rings (SSSR count). The molecule has 1 fully saturated rings. The number of carbonyl (C=O) groups excluding carboxylic acids is 1. The van der Waals surface area contributed by atoms with E-state index in [1.807, 2.05) is 23.9 Å². The van der Waals surface area contributed by atoms with Crippen LogP contribution in [0.25, 0.3) is 0 Å². The Labute approximate surface area is 170 Å². The summed E-state index contributed by atoms with van der Waals surface area (Å²) in [5.74, 6) is 0.695. The van der Waals surface area contributed by atoms with Gasteiger partial charge in [-0.15, -0.1) is 0 Å². The van der Waals surface area contributed by atoms with Crippen LogP contribution >= 0.6 is 11.8 Å². The Kier molecular flexibility index (Phi) is 7.74. The normalized spacial score (nSPS) is 14.9. The van der Waals surface area contributed by atoms with E-state index in [2.05, 4.69) is 33.9 Å². The van der Waals surface area contributed by atoms with Crippen LogP contribution in [0.5, 0.6) is 0 Å². The Morgan fingerprint density at radius 3 is 2.61 bits per heavy atom. The topological polar surface area (TPSA) is 44.4 Å². The van der Waals surface area contributed by atoms with Gasteiger partial charge in [0.15, 0.2) is 0 Å². The van der Waals surface area contributed by atoms with Crippen molar-refractivity contribution in [3.05, 3.63) is 59.9 Å². The van der Waals surface area contributed by atoms with E-state index in [0.29, 0.717) is 11.6 Å². The summed E-state index contributed by atoms with van der Waals surface area (Å²) in [6, 6.07) is 14.7. The molecule has 0 aromatic heterocycles. The molecule has 2 aromatic rings. The van der Waals surface area contributed by atoms with Crippen LogP contribution in [0.15, 0.2) is 48.5 Å². The average molecular weight is 402 g/mol. The quantitative estimate of drug-likeness (QED) is 0.658. The minimum Gasteiger partial charge on any atom is -0.371 e. The van der Waals surface area contributed by atoms with Crippen molar-refractivity contribution in [2.75, 3.05) is 41.9 Å². The zero-order valence-electron chi connectivity index (χ0n) is 16.3. The molecule has 4 nitrogen and oxygen atoms in total. The Hall–Kier alpha value is -2.05. The van der Waals surface area contributed by atoms with Crippen LogP contribution in [0.3, 0.4) is 0 Å². The highest BCUT2D eigenvalue weighted by Crippen LogP contribution is 2.22. The minimum absolute atomic E-state index is 0.143. The van der Waals surface area contributed by atoms with E-state index in [1.54, 1.807) is 12.1 Å². The van der Waals surface area contributed by atoms with Gasteiger partial charge in [0.25, 0.3) is 0 Å². The van der Waals surface area contributed by atoms with E-state index in [1.165, 1.54) is 17.8 Å². The van der Waals surface area contributed by atoms with Crippen molar-refractivity contribution in [2.24, 2.45) is 0 Å². The fourth-order valence-corrected chi connectivity index (χ4v) is 3.82. The molecule has 0 bridgehead atoms. The van der Waals surface area contributed by atoms with Gasteiger partial charge in [-0.3, -0.25) is 4.79 Å². The number of carbonyl (C=O) groups is 1. The second kappa shape index (κ2) is 10.5. The predicted octanol–water partition coefficient (Wildman–Crippen LogP) is 3.93. The Bertz CT molecular complexity index is 761. The maximum Gasteiger partial charge on any atom is 0.228 e. The highest BCUT2D eigenvalue weighted by Gasteiger charge is 2.18. The summed E-state index contributed by atoms with van der Waals surface area (Å²) in [5.41, 5.74) is 2.62. The molecule has 1 aliphatic heterocycles. The first-order valence-corrected chi connectivity index (χ1v) is 11.1. The number of nitrogens with zero attached hydrogens (tertiary/aromatic N) is 1. The first-order chi connectivity index (χ1) is 13.6. The number of hydrogen-bond acceptors (Lipinski definition) is 4. The number of piperidine rings is 1. The van der Waals surface area contributed by atoms with Crippen LogP contribution in [0.2, 0.25) is 0 Å². The smallest absolute Gasteiger partial charge is 0.228 e. The van der Waals surface area contributed by atoms with Crippen molar-refractivity contribution < 1.29 is 9.18 Å². The Balaban J connectivity index is 1.46. The average Bonchev–Trinajstić information content (AvgIpc) is 2.69. The molecule has 6 heteroatoms. The maximum absolute atomic E-state index is 13.2. The van der Waals surface area contributed by atoms with E-state index in [-0.39, 0.29) is 18.1 Å². The molecular weight excluding hydrogens is 373 g/mol. The summed E-state index contributed by atoms with van der Waals surface area (Å²) in [6.07, 6.45) is 4.61. The molecule has 1 amide bonds. The van der Waals surface area contributed by atoms with Gasteiger partial charge in [0.1, 0.15) is 5.82 Å². The minimum atomic E-state index is -0.321. The Morgan fingerprint density at radius 1 is 1.18 bits per heavy atom. The van der Waals surface area contributed by atoms with Gasteiger partial charge in [0, 0.05) is 42.8 Å². The lowest BCUT2D eigenvalue weighted by molar-refractivity contribution is -0.115. The predicted molar refractivity (Wildman–Crippen MR) is 117 cm³/mol. The van der Waals surface area contributed by atoms with Crippen molar-refractivity contribution in [3.63, 3.8) is 0 Å². The standard InChI is InChI=1S/C22H28FN3OS/c1-28-14-11-24-19-9-12-26(13-10-19)21-7-5-20(6-8-21)25-22(27)16-17-3-2-4-18(23)15-17/h2-8,15,19,24H,9-14,16H2,1H3,(H,25,27). The zero-order valence-corrected chi connectivity index (χ0v) is 17.1. The Morgan fingerprint density at radius 2 is 1.93 bits per heavy atom. The largest absolute Gasteiger partial charge is 0.371 e. The van der Waals surface area contributed by atoms with Gasteiger partial charge in [0.2, 0.25) is 5.91 Å². The second-order valence-corrected chi connectivity index (χ2v) is 8.10. The molecule has 0 radical (unpaired) electrons. The van der Waals surface area contributed by atoms with Gasteiger partial charge in [0.05, 0.1) is 6.42 Å². The fourth-order valence-electron chi connectivity index (χ4n) is 3.50. The second-order valence-electron chi connectivity index (χ2n) is 7.11. The first-order valence-electron chi connectivity index (χ1n) is 9.75. The molecule has 1 heterocycles. The monoisotopic (exact) mass is 401 g/mol. The van der Waals surface area contributed by atoms with Gasteiger partial charge < -0.3 is 15.5 Å². The van der Waals surface area contributed by atoms with Crippen molar-refractivity contribution in [2.45, 2.75) is 25.3 Å². The van der Waals surface area contributed by atoms with Crippen molar-refractivity contribution in [3.8, 4) is 0 Å². The number of nitrogens with one attached hydrogen (secondary N) is 2. The number of benzene rings is 2. The fraction of sp³-hybridized carbons (Fsp3) is 0.409. The highest BCUT2D eigenvalue weighted by molar-refractivity contribution is 7.98. The molecule has 0 atom stereocenters. The van der Waals surface area contributed by atoms with Crippen LogP contribution < -0.4 is 15.5 Å². The number of thioether (sulfide) groups is 1. The van der Waals surface area contributed by atoms with Crippen molar-refractivity contribution in [1.29, 1.82) is 0 Å². The maximum atomic E-state index is 13.2. The number of rotatable bonds is 8. The molecule has 0 spiro atoms. The van der Waals surface area contributed by atoms with E-state index in [0.717, 1.165) is 43.9 Å². The molecule has 150 valence electrons. The van der Waals surface area contributed by atoms with Gasteiger partial charge in [-0.05, 0) is 61.1 Å². The van der Waals surface area contributed by atoms with Gasteiger partial charge >= 0.3 is 0 Å². The van der Waals surface area contributed by atoms with Crippen molar-refractivity contribution >= 4 is 29.0 Å². The summed E-state index contributed by atoms with van der Waals surface area (Å²) in [7, 11) is 0. The molecule has 1 aliphatic rings. The van der Waals surface area contributed by atoms with Gasteiger partial charge in [-0.25, -0.2) is 4.39 Å². The van der Waals surface area contributed by atoms with Gasteiger partial charge in [-0.2, -0.15) is 11.8 Å². The molecular formula is C22H28FN3OS. The van der Waals surface area contributed by atoms with Crippen LogP contribution in [0, 0.1) is 5.82 Å². The van der Waals surface area contributed by atoms with Crippen LogP contribution in [0.1, 0.15) is 18.4 Å². The van der Waals surface area contributed by atoms with E-state index in [4.69, 9.17) is 0 Å². The number of hydrogen-bond donors (Lipinski definition) is 2. The molecule has 2 N–H and O–H groups in total. The summed E-state index contributed by atoms with van der Waals surface area (Å²) >= 11 is 1.87. The number of amides is 1. The van der Waals surface area contributed by atoms with E-state index in [9.17, 15) is 9.18 Å². The van der Waals surface area contributed by atoms with E-state index >= 15 is 0 Å². The molecule has 0 aliphatic carbocycles. The highest BCUT2D eigenvalue weighted by atomic mass is 32.2. The molecule has 0 saturated carbocycles. The van der Waals surface area contributed by atoms with Crippen LogP contribution in [0.4, 0.5) is 15.8 Å².